The number of hydrogen-bond acceptors (Lipinski definition) is 9. The molecule has 1 aliphatic carbocycles. The maximum Gasteiger partial charge on any atom is 0.422 e. The predicted octanol–water partition coefficient (Wildman–Crippen LogP) is 5.77. The van der Waals surface area contributed by atoms with Crippen LogP contribution in [0.2, 0.25) is 0 Å². The number of alkyl halides is 6. The first-order chi connectivity index (χ1) is 21.7. The van der Waals surface area contributed by atoms with Gasteiger partial charge >= 0.3 is 12.4 Å². The highest BCUT2D eigenvalue weighted by Crippen LogP contribution is 2.33. The number of benzene rings is 2. The third-order valence-corrected chi connectivity index (χ3v) is 8.72. The lowest BCUT2D eigenvalue weighted by atomic mass is 9.82. The van der Waals surface area contributed by atoms with E-state index in [2.05, 4.69) is 34.8 Å². The minimum atomic E-state index is -4.77. The Kier molecular flexibility index (Phi) is 11.8. The Morgan fingerprint density at radius 3 is 2.17 bits per heavy atom. The van der Waals surface area contributed by atoms with Gasteiger partial charge in [0.1, 0.15) is 22.2 Å². The minimum absolute atomic E-state index is 0.0148. The van der Waals surface area contributed by atoms with E-state index in [-0.39, 0.29) is 18.4 Å². The molecule has 0 spiro atoms. The Morgan fingerprint density at radius 2 is 1.50 bits per heavy atom. The first-order valence-electron chi connectivity index (χ1n) is 14.5. The van der Waals surface area contributed by atoms with Gasteiger partial charge < -0.3 is 24.8 Å². The summed E-state index contributed by atoms with van der Waals surface area (Å²) < 4.78 is 119. The van der Waals surface area contributed by atoms with Gasteiger partial charge in [0.05, 0.1) is 12.1 Å². The van der Waals surface area contributed by atoms with Crippen LogP contribution in [-0.4, -0.2) is 77.3 Å². The van der Waals surface area contributed by atoms with Crippen LogP contribution in [0.5, 0.6) is 11.5 Å². The molecule has 0 aliphatic heterocycles. The molecular formula is C29H35F6N5O5S. The van der Waals surface area contributed by atoms with Gasteiger partial charge in [0.15, 0.2) is 13.2 Å². The Labute approximate surface area is 262 Å². The molecule has 0 bridgehead atoms. The number of nitrogens with zero attached hydrogens (tertiary/aromatic N) is 2. The SMILES string of the molecule is COCCNc1nc(NC[C@H]2CC[C@H](CNS(=O)(=O)c3cc(OCC(F)(F)F)ccc3OCC(F)(F)F)CC2)nc2ccccc12. The molecule has 3 aromatic rings. The van der Waals surface area contributed by atoms with Crippen molar-refractivity contribution in [2.45, 2.75) is 42.9 Å². The van der Waals surface area contributed by atoms with E-state index < -0.39 is 52.0 Å². The molecule has 0 radical (unpaired) electrons. The standard InChI is InChI=1S/C29H35F6N5O5S/c1-43-13-12-36-26-22-4-2-3-5-23(22)39-27(40-26)37-15-19-6-8-20(9-7-19)16-38-46(41,42)25-14-21(44-17-28(30,31)32)10-11-24(25)45-18-29(33,34)35/h2-5,10-11,14,19-20,38H,6-9,12-13,15-18H2,1H3,(H2,36,37,39,40)/t19-,20-. The molecule has 0 amide bonds. The van der Waals surface area contributed by atoms with Crippen LogP contribution >= 0.6 is 0 Å². The molecule has 1 heterocycles. The zero-order chi connectivity index (χ0) is 33.4. The van der Waals surface area contributed by atoms with E-state index >= 15 is 0 Å². The van der Waals surface area contributed by atoms with E-state index in [1.807, 2.05) is 24.3 Å². The molecule has 10 nitrogen and oxygen atoms in total. The largest absolute Gasteiger partial charge is 0.484 e. The van der Waals surface area contributed by atoms with Crippen molar-refractivity contribution in [3.63, 3.8) is 0 Å². The normalized spacial score (nSPS) is 17.5. The van der Waals surface area contributed by atoms with Crippen LogP contribution in [0.1, 0.15) is 25.7 Å². The third kappa shape index (κ3) is 10.8. The number of sulfonamides is 1. The number of rotatable bonds is 15. The topological polar surface area (TPSA) is 124 Å². The van der Waals surface area contributed by atoms with Gasteiger partial charge in [-0.25, -0.2) is 18.1 Å². The molecule has 1 aromatic heterocycles. The highest BCUT2D eigenvalue weighted by Gasteiger charge is 2.32. The predicted molar refractivity (Wildman–Crippen MR) is 159 cm³/mol. The van der Waals surface area contributed by atoms with Gasteiger partial charge in [0, 0.05) is 38.2 Å². The molecule has 0 atom stereocenters. The number of hydrogen-bond donors (Lipinski definition) is 3. The van der Waals surface area contributed by atoms with Gasteiger partial charge in [-0.3, -0.25) is 0 Å². The van der Waals surface area contributed by atoms with E-state index in [0.717, 1.165) is 41.9 Å². The lowest BCUT2D eigenvalue weighted by Crippen LogP contribution is -2.33. The van der Waals surface area contributed by atoms with E-state index in [4.69, 9.17) is 4.74 Å². The summed E-state index contributed by atoms with van der Waals surface area (Å²) in [5.41, 5.74) is 0.778. The van der Waals surface area contributed by atoms with Crippen molar-refractivity contribution in [2.75, 3.05) is 57.2 Å². The van der Waals surface area contributed by atoms with Crippen LogP contribution in [0.25, 0.3) is 10.9 Å². The van der Waals surface area contributed by atoms with Crippen LogP contribution in [0, 0.1) is 11.8 Å². The van der Waals surface area contributed by atoms with Crippen molar-refractivity contribution < 1.29 is 49.0 Å². The average molecular weight is 680 g/mol. The molecule has 0 unspecified atom stereocenters. The molecule has 1 fully saturated rings. The number of para-hydroxylation sites is 1. The second-order valence-electron chi connectivity index (χ2n) is 10.9. The second kappa shape index (κ2) is 15.3. The summed E-state index contributed by atoms with van der Waals surface area (Å²) in [5, 5.41) is 7.44. The molecule has 17 heteroatoms. The third-order valence-electron chi connectivity index (χ3n) is 7.28. The van der Waals surface area contributed by atoms with Crippen molar-refractivity contribution in [1.82, 2.24) is 14.7 Å². The number of aromatic nitrogens is 2. The van der Waals surface area contributed by atoms with Gasteiger partial charge in [-0.1, -0.05) is 12.1 Å². The summed E-state index contributed by atoms with van der Waals surface area (Å²) in [7, 11) is -2.86. The van der Waals surface area contributed by atoms with Crippen molar-refractivity contribution >= 4 is 32.7 Å². The van der Waals surface area contributed by atoms with Crippen LogP contribution < -0.4 is 24.8 Å². The van der Waals surface area contributed by atoms with E-state index in [1.54, 1.807) is 7.11 Å². The number of fused-ring (bicyclic) bond motifs is 1. The zero-order valence-electron chi connectivity index (χ0n) is 24.9. The monoisotopic (exact) mass is 679 g/mol. The van der Waals surface area contributed by atoms with Crippen molar-refractivity contribution in [1.29, 1.82) is 0 Å². The summed E-state index contributed by atoms with van der Waals surface area (Å²) in [6.07, 6.45) is -6.59. The zero-order valence-corrected chi connectivity index (χ0v) is 25.7. The maximum absolute atomic E-state index is 13.1. The molecule has 3 N–H and O–H groups in total. The minimum Gasteiger partial charge on any atom is -0.484 e. The molecule has 46 heavy (non-hydrogen) atoms. The molecule has 1 saturated carbocycles. The van der Waals surface area contributed by atoms with E-state index in [1.165, 1.54) is 0 Å². The van der Waals surface area contributed by atoms with Crippen molar-refractivity contribution in [2.24, 2.45) is 11.8 Å². The van der Waals surface area contributed by atoms with Crippen molar-refractivity contribution in [3.8, 4) is 11.5 Å². The maximum atomic E-state index is 13.1. The van der Waals surface area contributed by atoms with Gasteiger partial charge in [-0.15, -0.1) is 0 Å². The van der Waals surface area contributed by atoms with Gasteiger partial charge in [-0.2, -0.15) is 31.3 Å². The average Bonchev–Trinajstić information content (AvgIpc) is 3.01. The Balaban J connectivity index is 1.33. The number of nitrogens with one attached hydrogen (secondary N) is 3. The molecule has 254 valence electrons. The first kappa shape index (κ1) is 35.3. The highest BCUT2D eigenvalue weighted by atomic mass is 32.2. The first-order valence-corrected chi connectivity index (χ1v) is 16.0. The van der Waals surface area contributed by atoms with Crippen LogP contribution in [0.15, 0.2) is 47.4 Å². The van der Waals surface area contributed by atoms with E-state index in [9.17, 15) is 34.8 Å². The van der Waals surface area contributed by atoms with Gasteiger partial charge in [0.2, 0.25) is 16.0 Å². The lowest BCUT2D eigenvalue weighted by molar-refractivity contribution is -0.154. The number of anilines is 2. The van der Waals surface area contributed by atoms with Crippen LogP contribution in [-0.2, 0) is 14.8 Å². The summed E-state index contributed by atoms with van der Waals surface area (Å²) >= 11 is 0. The molecule has 4 rings (SSSR count). The second-order valence-corrected chi connectivity index (χ2v) is 12.6. The van der Waals surface area contributed by atoms with Crippen LogP contribution in [0.4, 0.5) is 38.1 Å². The number of ether oxygens (including phenoxy) is 3. The Hall–Kier alpha value is -3.57. The van der Waals surface area contributed by atoms with Crippen molar-refractivity contribution in [3.05, 3.63) is 42.5 Å². The Morgan fingerprint density at radius 1 is 0.848 bits per heavy atom. The summed E-state index contributed by atoms with van der Waals surface area (Å²) in [6, 6.07) is 10.1. The molecule has 0 saturated heterocycles. The molecule has 2 aromatic carbocycles. The smallest absolute Gasteiger partial charge is 0.422 e. The van der Waals surface area contributed by atoms with E-state index in [0.29, 0.717) is 44.3 Å². The quantitative estimate of drug-likeness (QED) is 0.136. The summed E-state index contributed by atoms with van der Waals surface area (Å²) in [5.74, 6) is 0.204. The fraction of sp³-hybridized carbons (Fsp3) is 0.517. The molecular weight excluding hydrogens is 644 g/mol. The number of methoxy groups -OCH3 is 1. The number of halogens is 6. The van der Waals surface area contributed by atoms with Crippen LogP contribution in [0.3, 0.4) is 0 Å². The van der Waals surface area contributed by atoms with Gasteiger partial charge in [-0.05, 0) is 61.8 Å². The molecule has 1 aliphatic rings. The lowest BCUT2D eigenvalue weighted by Gasteiger charge is -2.29. The highest BCUT2D eigenvalue weighted by molar-refractivity contribution is 7.89. The Bertz CT molecular complexity index is 1550. The van der Waals surface area contributed by atoms with Gasteiger partial charge in [0.25, 0.3) is 0 Å². The summed E-state index contributed by atoms with van der Waals surface area (Å²) in [6.45, 7) is -1.83. The summed E-state index contributed by atoms with van der Waals surface area (Å²) in [4.78, 5) is 8.47. The fourth-order valence-corrected chi connectivity index (χ4v) is 6.25. The fourth-order valence-electron chi connectivity index (χ4n) is 4.97.